The van der Waals surface area contributed by atoms with Gasteiger partial charge in [-0.25, -0.2) is 0 Å². The number of methoxy groups -OCH3 is 2. The van der Waals surface area contributed by atoms with Crippen molar-refractivity contribution in [3.63, 3.8) is 0 Å². The van der Waals surface area contributed by atoms with Crippen LogP contribution in [-0.4, -0.2) is 42.0 Å². The van der Waals surface area contributed by atoms with Gasteiger partial charge in [0.25, 0.3) is 11.7 Å². The number of hydrogen-bond acceptors (Lipinski definition) is 6. The third-order valence-electron chi connectivity index (χ3n) is 6.01. The van der Waals surface area contributed by atoms with Crippen LogP contribution in [0.1, 0.15) is 47.7 Å². The third-order valence-corrected chi connectivity index (χ3v) is 7.08. The highest BCUT2D eigenvalue weighted by Crippen LogP contribution is 2.46. The van der Waals surface area contributed by atoms with Gasteiger partial charge in [0.2, 0.25) is 0 Å². The molecule has 0 bridgehead atoms. The Labute approximate surface area is 179 Å². The molecule has 1 aromatic carbocycles. The highest BCUT2D eigenvalue weighted by molar-refractivity contribution is 7.10. The average molecular weight is 428 g/mol. The minimum Gasteiger partial charge on any atom is -0.507 e. The second kappa shape index (κ2) is 8.14. The molecule has 1 aliphatic heterocycles. The Kier molecular flexibility index (Phi) is 5.56. The van der Waals surface area contributed by atoms with Crippen LogP contribution in [0.25, 0.3) is 5.76 Å². The van der Waals surface area contributed by atoms with Crippen molar-refractivity contribution in [3.05, 3.63) is 51.2 Å². The molecule has 0 spiro atoms. The van der Waals surface area contributed by atoms with Gasteiger partial charge in [0.15, 0.2) is 0 Å². The number of likely N-dealkylation sites (tertiary alicyclic amines) is 1. The summed E-state index contributed by atoms with van der Waals surface area (Å²) in [7, 11) is 3.02. The molecule has 4 rings (SSSR count). The molecule has 2 fully saturated rings. The molecule has 1 aromatic heterocycles. The summed E-state index contributed by atoms with van der Waals surface area (Å²) in [4.78, 5) is 28.9. The van der Waals surface area contributed by atoms with E-state index in [0.29, 0.717) is 17.1 Å². The number of carbonyl (C=O) groups excluding carboxylic acids is 2. The van der Waals surface area contributed by atoms with Gasteiger partial charge in [0, 0.05) is 10.9 Å². The molecule has 2 aliphatic rings. The highest BCUT2D eigenvalue weighted by Gasteiger charge is 2.50. The van der Waals surface area contributed by atoms with Gasteiger partial charge in [-0.15, -0.1) is 11.3 Å². The maximum Gasteiger partial charge on any atom is 0.295 e. The fourth-order valence-corrected chi connectivity index (χ4v) is 5.51. The van der Waals surface area contributed by atoms with Crippen molar-refractivity contribution < 1.29 is 24.2 Å². The molecule has 6 nitrogen and oxygen atoms in total. The molecule has 1 atom stereocenters. The lowest BCUT2D eigenvalue weighted by molar-refractivity contribution is -0.141. The molecular formula is C23H25NO5S. The number of Topliss-reactive ketones (excluding diaryl/α,β-unsaturated/α-hetero) is 1. The predicted octanol–water partition coefficient (Wildman–Crippen LogP) is 4.44. The Hall–Kier alpha value is -2.80. The number of ether oxygens (including phenoxy) is 2. The minimum atomic E-state index is -0.651. The van der Waals surface area contributed by atoms with E-state index in [-0.39, 0.29) is 17.4 Å². The molecule has 30 heavy (non-hydrogen) atoms. The SMILES string of the molecule is COc1ccc(OC)c(/C(O)=C2\C(=O)C(=O)N(C3CCCC3)C2c2sccc2C)c1. The molecule has 158 valence electrons. The Morgan fingerprint density at radius 1 is 1.13 bits per heavy atom. The molecule has 1 amide bonds. The van der Waals surface area contributed by atoms with Crippen molar-refractivity contribution in [3.8, 4) is 11.5 Å². The number of benzene rings is 1. The number of thiophene rings is 1. The van der Waals surface area contributed by atoms with Crippen LogP contribution in [0.5, 0.6) is 11.5 Å². The van der Waals surface area contributed by atoms with Crippen LogP contribution < -0.4 is 9.47 Å². The summed E-state index contributed by atoms with van der Waals surface area (Å²) in [5.41, 5.74) is 1.45. The van der Waals surface area contributed by atoms with Gasteiger partial charge in [0.1, 0.15) is 23.3 Å². The summed E-state index contributed by atoms with van der Waals surface area (Å²) in [6.07, 6.45) is 3.81. The number of nitrogens with zero attached hydrogens (tertiary/aromatic N) is 1. The maximum absolute atomic E-state index is 13.2. The van der Waals surface area contributed by atoms with Crippen molar-refractivity contribution in [2.45, 2.75) is 44.7 Å². The van der Waals surface area contributed by atoms with Gasteiger partial charge in [-0.05, 0) is 55.0 Å². The first-order valence-corrected chi connectivity index (χ1v) is 10.9. The molecule has 1 unspecified atom stereocenters. The van der Waals surface area contributed by atoms with Crippen molar-refractivity contribution in [2.75, 3.05) is 14.2 Å². The van der Waals surface area contributed by atoms with Crippen LogP contribution in [0, 0.1) is 6.92 Å². The van der Waals surface area contributed by atoms with E-state index in [0.717, 1.165) is 36.1 Å². The Morgan fingerprint density at radius 3 is 2.47 bits per heavy atom. The minimum absolute atomic E-state index is 0.00505. The first-order chi connectivity index (χ1) is 14.5. The lowest BCUT2D eigenvalue weighted by Gasteiger charge is -2.30. The van der Waals surface area contributed by atoms with Crippen LogP contribution >= 0.6 is 11.3 Å². The van der Waals surface area contributed by atoms with E-state index in [4.69, 9.17) is 9.47 Å². The molecule has 0 radical (unpaired) electrons. The standard InChI is InChI=1S/C23H25NO5S/c1-13-10-11-30-22(13)19-18(21(26)23(27)24(19)14-6-4-5-7-14)20(25)16-12-15(28-2)8-9-17(16)29-3/h8-12,14,19,25H,4-7H2,1-3H3/b20-18+. The fraction of sp³-hybridized carbons (Fsp3) is 0.391. The largest absolute Gasteiger partial charge is 0.507 e. The smallest absolute Gasteiger partial charge is 0.295 e. The lowest BCUT2D eigenvalue weighted by Crippen LogP contribution is -2.37. The Morgan fingerprint density at radius 2 is 1.87 bits per heavy atom. The molecule has 1 saturated heterocycles. The van der Waals surface area contributed by atoms with Gasteiger partial charge >= 0.3 is 0 Å². The first kappa shape index (κ1) is 20.5. The number of aliphatic hydroxyl groups is 1. The van der Waals surface area contributed by atoms with Gasteiger partial charge in [-0.1, -0.05) is 12.8 Å². The second-order valence-electron chi connectivity index (χ2n) is 7.68. The zero-order chi connectivity index (χ0) is 21.4. The van der Waals surface area contributed by atoms with Crippen LogP contribution in [0.3, 0.4) is 0 Å². The molecule has 7 heteroatoms. The monoisotopic (exact) mass is 427 g/mol. The van der Waals surface area contributed by atoms with E-state index in [9.17, 15) is 14.7 Å². The number of rotatable bonds is 5. The summed E-state index contributed by atoms with van der Waals surface area (Å²) < 4.78 is 10.7. The van der Waals surface area contributed by atoms with Crippen LogP contribution in [-0.2, 0) is 9.59 Å². The van der Waals surface area contributed by atoms with E-state index in [1.807, 2.05) is 18.4 Å². The molecule has 1 saturated carbocycles. The summed E-state index contributed by atoms with van der Waals surface area (Å²) in [5.74, 6) is -0.499. The topological polar surface area (TPSA) is 76.1 Å². The first-order valence-electron chi connectivity index (χ1n) is 10.0. The second-order valence-corrected chi connectivity index (χ2v) is 8.63. The summed E-state index contributed by atoms with van der Waals surface area (Å²) in [5, 5.41) is 13.3. The van der Waals surface area contributed by atoms with Crippen molar-refractivity contribution >= 4 is 28.8 Å². The quantitative estimate of drug-likeness (QED) is 0.434. The number of carbonyl (C=O) groups is 2. The van der Waals surface area contributed by atoms with Gasteiger partial charge in [-0.2, -0.15) is 0 Å². The molecule has 1 N–H and O–H groups in total. The Bertz CT molecular complexity index is 1020. The van der Waals surface area contributed by atoms with E-state index >= 15 is 0 Å². The number of hydrogen-bond donors (Lipinski definition) is 1. The third kappa shape index (κ3) is 3.27. The highest BCUT2D eigenvalue weighted by atomic mass is 32.1. The molecule has 2 aromatic rings. The maximum atomic E-state index is 13.2. The van der Waals surface area contributed by atoms with E-state index < -0.39 is 17.7 Å². The normalized spacial score (nSPS) is 21.4. The molecule has 1 aliphatic carbocycles. The van der Waals surface area contributed by atoms with E-state index in [1.165, 1.54) is 25.6 Å². The lowest BCUT2D eigenvalue weighted by atomic mass is 9.97. The van der Waals surface area contributed by atoms with Crippen molar-refractivity contribution in [2.24, 2.45) is 0 Å². The summed E-state index contributed by atoms with van der Waals surface area (Å²) in [6.45, 7) is 1.97. The predicted molar refractivity (Wildman–Crippen MR) is 115 cm³/mol. The fourth-order valence-electron chi connectivity index (χ4n) is 4.48. The van der Waals surface area contributed by atoms with Crippen molar-refractivity contribution in [1.29, 1.82) is 0 Å². The van der Waals surface area contributed by atoms with E-state index in [2.05, 4.69) is 0 Å². The molecular weight excluding hydrogens is 402 g/mol. The van der Waals surface area contributed by atoms with Gasteiger partial charge in [-0.3, -0.25) is 9.59 Å². The van der Waals surface area contributed by atoms with Crippen LogP contribution in [0.2, 0.25) is 0 Å². The summed E-state index contributed by atoms with van der Waals surface area (Å²) in [6, 6.07) is 6.39. The van der Waals surface area contributed by atoms with Crippen LogP contribution in [0.4, 0.5) is 0 Å². The van der Waals surface area contributed by atoms with Crippen LogP contribution in [0.15, 0.2) is 35.2 Å². The van der Waals surface area contributed by atoms with Crippen molar-refractivity contribution in [1.82, 2.24) is 4.90 Å². The zero-order valence-corrected chi connectivity index (χ0v) is 18.1. The average Bonchev–Trinajstić information content (AvgIpc) is 3.48. The molecule has 2 heterocycles. The number of ketones is 1. The van der Waals surface area contributed by atoms with Gasteiger partial charge < -0.3 is 19.5 Å². The number of amides is 1. The zero-order valence-electron chi connectivity index (χ0n) is 17.3. The van der Waals surface area contributed by atoms with Gasteiger partial charge in [0.05, 0.1) is 25.4 Å². The Balaban J connectivity index is 1.93. The number of aliphatic hydroxyl groups excluding tert-OH is 1. The summed E-state index contributed by atoms with van der Waals surface area (Å²) >= 11 is 1.50. The van der Waals surface area contributed by atoms with E-state index in [1.54, 1.807) is 23.1 Å². The number of aryl methyl sites for hydroxylation is 1.